The van der Waals surface area contributed by atoms with Crippen molar-refractivity contribution in [1.29, 1.82) is 0 Å². The van der Waals surface area contributed by atoms with E-state index in [1.165, 1.54) is 6.33 Å². The average molecular weight is 286 g/mol. The fourth-order valence-corrected chi connectivity index (χ4v) is 2.20. The van der Waals surface area contributed by atoms with Gasteiger partial charge in [-0.1, -0.05) is 17.7 Å². The number of ether oxygens (including phenoxy) is 1. The Balaban J connectivity index is 2.06. The van der Waals surface area contributed by atoms with Gasteiger partial charge in [0.15, 0.2) is 0 Å². The minimum atomic E-state index is 0.459. The maximum absolute atomic E-state index is 6.17. The quantitative estimate of drug-likeness (QED) is 0.724. The predicted octanol–water partition coefficient (Wildman–Crippen LogP) is 3.97. The van der Waals surface area contributed by atoms with Gasteiger partial charge in [0.05, 0.1) is 15.9 Å². The van der Waals surface area contributed by atoms with Crippen molar-refractivity contribution in [3.8, 4) is 11.6 Å². The number of hydrogen-bond donors (Lipinski definition) is 1. The summed E-state index contributed by atoms with van der Waals surface area (Å²) in [7, 11) is 0. The molecule has 0 aliphatic rings. The Morgan fingerprint density at radius 2 is 1.95 bits per heavy atom. The molecule has 100 valence electrons. The SMILES string of the molecule is Cc1ccc(Oc2ncnc3cc(N)ccc23)c(Cl)c1. The van der Waals surface area contributed by atoms with Gasteiger partial charge in [-0.15, -0.1) is 0 Å². The largest absolute Gasteiger partial charge is 0.437 e. The number of aryl methyl sites for hydroxylation is 1. The predicted molar refractivity (Wildman–Crippen MR) is 80.2 cm³/mol. The summed E-state index contributed by atoms with van der Waals surface area (Å²) in [4.78, 5) is 8.34. The Morgan fingerprint density at radius 1 is 1.10 bits per heavy atom. The third-order valence-corrected chi connectivity index (χ3v) is 3.21. The summed E-state index contributed by atoms with van der Waals surface area (Å²) < 4.78 is 5.79. The number of fused-ring (bicyclic) bond motifs is 1. The fourth-order valence-electron chi connectivity index (χ4n) is 1.92. The molecule has 5 heteroatoms. The van der Waals surface area contributed by atoms with Crippen LogP contribution in [-0.4, -0.2) is 9.97 Å². The smallest absolute Gasteiger partial charge is 0.230 e. The number of anilines is 1. The van der Waals surface area contributed by atoms with Crippen molar-refractivity contribution in [1.82, 2.24) is 9.97 Å². The highest BCUT2D eigenvalue weighted by Crippen LogP contribution is 2.32. The second kappa shape index (κ2) is 4.98. The molecule has 20 heavy (non-hydrogen) atoms. The Kier molecular flexibility index (Phi) is 3.16. The summed E-state index contributed by atoms with van der Waals surface area (Å²) in [6, 6.07) is 11.0. The first kappa shape index (κ1) is 12.7. The summed E-state index contributed by atoms with van der Waals surface area (Å²) in [5.74, 6) is 1.02. The van der Waals surface area contributed by atoms with Crippen LogP contribution < -0.4 is 10.5 Å². The van der Waals surface area contributed by atoms with Crippen molar-refractivity contribution in [2.45, 2.75) is 6.92 Å². The number of aromatic nitrogens is 2. The van der Waals surface area contributed by atoms with Crippen molar-refractivity contribution in [2.75, 3.05) is 5.73 Å². The lowest BCUT2D eigenvalue weighted by Gasteiger charge is -2.09. The number of nitrogens with zero attached hydrogens (tertiary/aromatic N) is 2. The molecule has 1 heterocycles. The van der Waals surface area contributed by atoms with Crippen molar-refractivity contribution in [3.05, 3.63) is 53.3 Å². The Bertz CT molecular complexity index is 789. The van der Waals surface area contributed by atoms with E-state index < -0.39 is 0 Å². The molecule has 3 rings (SSSR count). The molecule has 0 saturated heterocycles. The Morgan fingerprint density at radius 3 is 2.75 bits per heavy atom. The van der Waals surface area contributed by atoms with Crippen LogP contribution >= 0.6 is 11.6 Å². The second-order valence-electron chi connectivity index (χ2n) is 4.49. The van der Waals surface area contributed by atoms with E-state index in [9.17, 15) is 0 Å². The Labute approximate surface area is 121 Å². The van der Waals surface area contributed by atoms with Crippen molar-refractivity contribution in [3.63, 3.8) is 0 Å². The number of benzene rings is 2. The molecule has 0 amide bonds. The first-order valence-electron chi connectivity index (χ1n) is 6.08. The van der Waals surface area contributed by atoms with E-state index in [-0.39, 0.29) is 0 Å². The highest BCUT2D eigenvalue weighted by Gasteiger charge is 2.09. The van der Waals surface area contributed by atoms with Crippen LogP contribution in [0, 0.1) is 6.92 Å². The molecule has 0 aliphatic heterocycles. The van der Waals surface area contributed by atoms with Gasteiger partial charge >= 0.3 is 0 Å². The molecule has 0 spiro atoms. The first-order chi connectivity index (χ1) is 9.63. The van der Waals surface area contributed by atoms with Gasteiger partial charge in [0.25, 0.3) is 0 Å². The molecule has 0 saturated carbocycles. The van der Waals surface area contributed by atoms with Crippen LogP contribution in [0.5, 0.6) is 11.6 Å². The van der Waals surface area contributed by atoms with E-state index in [1.807, 2.05) is 31.2 Å². The molecule has 0 radical (unpaired) electrons. The van der Waals surface area contributed by atoms with E-state index in [4.69, 9.17) is 22.1 Å². The van der Waals surface area contributed by atoms with Gasteiger partial charge in [-0.05, 0) is 42.8 Å². The molecule has 4 nitrogen and oxygen atoms in total. The van der Waals surface area contributed by atoms with Crippen LogP contribution in [-0.2, 0) is 0 Å². The standard InChI is InChI=1S/C15H12ClN3O/c1-9-2-5-14(12(16)6-9)20-15-11-4-3-10(17)7-13(11)18-8-19-15/h2-8H,17H2,1H3. The van der Waals surface area contributed by atoms with Gasteiger partial charge in [-0.2, -0.15) is 0 Å². The summed E-state index contributed by atoms with van der Waals surface area (Å²) in [6.45, 7) is 1.97. The number of nitrogens with two attached hydrogens (primary N) is 1. The molecule has 2 aromatic carbocycles. The average Bonchev–Trinajstić information content (AvgIpc) is 2.41. The second-order valence-corrected chi connectivity index (χ2v) is 4.90. The third kappa shape index (κ3) is 2.38. The molecule has 3 aromatic rings. The number of hydrogen-bond acceptors (Lipinski definition) is 4. The summed E-state index contributed by atoms with van der Waals surface area (Å²) in [5.41, 5.74) is 8.20. The van der Waals surface area contributed by atoms with Crippen LogP contribution in [0.4, 0.5) is 5.69 Å². The summed E-state index contributed by atoms with van der Waals surface area (Å²) in [6.07, 6.45) is 1.44. The number of nitrogen functional groups attached to an aromatic ring is 1. The fraction of sp³-hybridized carbons (Fsp3) is 0.0667. The molecule has 0 fully saturated rings. The minimum absolute atomic E-state index is 0.459. The molecule has 0 bridgehead atoms. The lowest BCUT2D eigenvalue weighted by atomic mass is 10.2. The zero-order valence-corrected chi connectivity index (χ0v) is 11.6. The van der Waals surface area contributed by atoms with Gasteiger partial charge in [0.1, 0.15) is 12.1 Å². The van der Waals surface area contributed by atoms with Crippen molar-refractivity contribution >= 4 is 28.2 Å². The zero-order valence-electron chi connectivity index (χ0n) is 10.8. The number of halogens is 1. The minimum Gasteiger partial charge on any atom is -0.437 e. The van der Waals surface area contributed by atoms with E-state index in [0.29, 0.717) is 22.3 Å². The van der Waals surface area contributed by atoms with Gasteiger partial charge < -0.3 is 10.5 Å². The molecule has 0 atom stereocenters. The van der Waals surface area contributed by atoms with Crippen molar-refractivity contribution in [2.24, 2.45) is 0 Å². The van der Waals surface area contributed by atoms with E-state index in [0.717, 1.165) is 16.5 Å². The van der Waals surface area contributed by atoms with Gasteiger partial charge in [-0.25, -0.2) is 9.97 Å². The van der Waals surface area contributed by atoms with Crippen LogP contribution in [0.3, 0.4) is 0 Å². The molecular weight excluding hydrogens is 274 g/mol. The lowest BCUT2D eigenvalue weighted by molar-refractivity contribution is 0.468. The van der Waals surface area contributed by atoms with E-state index >= 15 is 0 Å². The van der Waals surface area contributed by atoms with Gasteiger partial charge in [0.2, 0.25) is 5.88 Å². The Hall–Kier alpha value is -2.33. The van der Waals surface area contributed by atoms with Crippen LogP contribution in [0.15, 0.2) is 42.7 Å². The lowest BCUT2D eigenvalue weighted by Crippen LogP contribution is -1.93. The van der Waals surface area contributed by atoms with Crippen LogP contribution in [0.2, 0.25) is 5.02 Å². The normalized spacial score (nSPS) is 10.7. The number of rotatable bonds is 2. The summed E-state index contributed by atoms with van der Waals surface area (Å²) in [5, 5.41) is 1.34. The topological polar surface area (TPSA) is 61.0 Å². The monoisotopic (exact) mass is 285 g/mol. The summed E-state index contributed by atoms with van der Waals surface area (Å²) >= 11 is 6.17. The highest BCUT2D eigenvalue weighted by atomic mass is 35.5. The van der Waals surface area contributed by atoms with Gasteiger partial charge in [-0.3, -0.25) is 0 Å². The molecule has 0 aliphatic carbocycles. The maximum atomic E-state index is 6.17. The van der Waals surface area contributed by atoms with E-state index in [1.54, 1.807) is 12.1 Å². The molecule has 2 N–H and O–H groups in total. The maximum Gasteiger partial charge on any atom is 0.230 e. The molecular formula is C15H12ClN3O. The molecule has 0 unspecified atom stereocenters. The van der Waals surface area contributed by atoms with Crippen LogP contribution in [0.1, 0.15) is 5.56 Å². The third-order valence-electron chi connectivity index (χ3n) is 2.92. The zero-order chi connectivity index (χ0) is 14.1. The first-order valence-corrected chi connectivity index (χ1v) is 6.45. The van der Waals surface area contributed by atoms with E-state index in [2.05, 4.69) is 9.97 Å². The highest BCUT2D eigenvalue weighted by molar-refractivity contribution is 6.32. The van der Waals surface area contributed by atoms with Crippen molar-refractivity contribution < 1.29 is 4.74 Å². The van der Waals surface area contributed by atoms with Gasteiger partial charge in [0, 0.05) is 5.69 Å². The molecule has 1 aromatic heterocycles. The van der Waals surface area contributed by atoms with Crippen LogP contribution in [0.25, 0.3) is 10.9 Å².